The van der Waals surface area contributed by atoms with Crippen molar-refractivity contribution in [2.24, 2.45) is 0 Å². The van der Waals surface area contributed by atoms with Crippen molar-refractivity contribution in [2.45, 2.75) is 37.2 Å². The quantitative estimate of drug-likeness (QED) is 0.614. The van der Waals surface area contributed by atoms with Gasteiger partial charge in [0.25, 0.3) is 11.1 Å². The molecule has 0 spiro atoms. The summed E-state index contributed by atoms with van der Waals surface area (Å²) in [5.74, 6) is 1.31. The van der Waals surface area contributed by atoms with Gasteiger partial charge in [0.1, 0.15) is 5.76 Å². The first-order valence-corrected chi connectivity index (χ1v) is 8.19. The number of thioether (sulfide) groups is 1. The maximum absolute atomic E-state index is 5.71. The minimum Gasteiger partial charge on any atom is -0.469 e. The molecule has 3 rings (SSSR count). The zero-order chi connectivity index (χ0) is 15.4. The van der Waals surface area contributed by atoms with E-state index in [1.165, 1.54) is 5.56 Å². The van der Waals surface area contributed by atoms with Gasteiger partial charge in [0.15, 0.2) is 0 Å². The van der Waals surface area contributed by atoms with Gasteiger partial charge in [-0.2, -0.15) is 0 Å². The van der Waals surface area contributed by atoms with E-state index in [4.69, 9.17) is 8.83 Å². The molecule has 2 aromatic heterocycles. The highest BCUT2D eigenvalue weighted by molar-refractivity contribution is 7.99. The number of aryl methyl sites for hydroxylation is 2. The van der Waals surface area contributed by atoms with Crippen LogP contribution in [0.15, 0.2) is 56.7 Å². The third-order valence-corrected chi connectivity index (χ3v) is 4.48. The summed E-state index contributed by atoms with van der Waals surface area (Å²) in [7, 11) is 0. The minimum atomic E-state index is 0.416. The molecule has 0 saturated carbocycles. The third kappa shape index (κ3) is 3.60. The Morgan fingerprint density at radius 3 is 2.68 bits per heavy atom. The molecule has 0 saturated heterocycles. The lowest BCUT2D eigenvalue weighted by Crippen LogP contribution is -1.98. The van der Waals surface area contributed by atoms with E-state index in [-0.39, 0.29) is 0 Å². The molecule has 0 fully saturated rings. The second kappa shape index (κ2) is 6.83. The molecule has 1 aromatic carbocycles. The summed E-state index contributed by atoms with van der Waals surface area (Å²) in [5, 5.41) is 9.23. The predicted octanol–water partition coefficient (Wildman–Crippen LogP) is 4.75. The Morgan fingerprint density at radius 1 is 1.14 bits per heavy atom. The van der Waals surface area contributed by atoms with Crippen molar-refractivity contribution >= 4 is 11.8 Å². The number of aromatic nitrogens is 2. The van der Waals surface area contributed by atoms with Crippen LogP contribution in [0.3, 0.4) is 0 Å². The van der Waals surface area contributed by atoms with E-state index in [9.17, 15) is 0 Å². The van der Waals surface area contributed by atoms with Gasteiger partial charge >= 0.3 is 0 Å². The summed E-state index contributed by atoms with van der Waals surface area (Å²) in [4.78, 5) is 0. The maximum Gasteiger partial charge on any atom is 0.277 e. The molecule has 2 heterocycles. The average Bonchev–Trinajstić information content (AvgIpc) is 3.15. The molecular weight excluding hydrogens is 296 g/mol. The summed E-state index contributed by atoms with van der Waals surface area (Å²) in [6, 6.07) is 12.3. The Morgan fingerprint density at radius 2 is 1.95 bits per heavy atom. The lowest BCUT2D eigenvalue weighted by molar-refractivity contribution is 0.462. The molecule has 1 atom stereocenters. The zero-order valence-corrected chi connectivity index (χ0v) is 13.5. The van der Waals surface area contributed by atoms with Crippen molar-refractivity contribution < 1.29 is 8.83 Å². The molecule has 0 amide bonds. The summed E-state index contributed by atoms with van der Waals surface area (Å²) < 4.78 is 11.0. The van der Waals surface area contributed by atoms with Crippen LogP contribution in [0.2, 0.25) is 0 Å². The number of hydrogen-bond acceptors (Lipinski definition) is 5. The van der Waals surface area contributed by atoms with Gasteiger partial charge in [0, 0.05) is 5.25 Å². The standard InChI is InChI=1S/C17H18N2O2S/c1-12(8-9-14-6-4-3-5-7-14)22-17-19-18-16(21-17)15-10-11-20-13(15)2/h3-7,10-12H,8-9H2,1-2H3. The molecule has 4 nitrogen and oxygen atoms in total. The fraction of sp³-hybridized carbons (Fsp3) is 0.294. The van der Waals surface area contributed by atoms with E-state index in [1.807, 2.05) is 19.1 Å². The van der Waals surface area contributed by atoms with Gasteiger partial charge in [-0.1, -0.05) is 49.0 Å². The Hall–Kier alpha value is -2.01. The molecule has 1 unspecified atom stereocenters. The van der Waals surface area contributed by atoms with Crippen molar-refractivity contribution in [3.63, 3.8) is 0 Å². The van der Waals surface area contributed by atoms with Gasteiger partial charge in [0.05, 0.1) is 11.8 Å². The van der Waals surface area contributed by atoms with Gasteiger partial charge in [-0.15, -0.1) is 10.2 Å². The molecule has 114 valence electrons. The van der Waals surface area contributed by atoms with Crippen LogP contribution in [0.1, 0.15) is 24.7 Å². The van der Waals surface area contributed by atoms with Gasteiger partial charge < -0.3 is 8.83 Å². The second-order valence-corrected chi connectivity index (χ2v) is 6.61. The van der Waals surface area contributed by atoms with Crippen LogP contribution in [0.4, 0.5) is 0 Å². The Kier molecular flexibility index (Phi) is 4.63. The first kappa shape index (κ1) is 14.9. The number of hydrogen-bond donors (Lipinski definition) is 0. The molecule has 0 aliphatic carbocycles. The SMILES string of the molecule is Cc1occc1-c1nnc(SC(C)CCc2ccccc2)o1. The number of nitrogens with zero attached hydrogens (tertiary/aromatic N) is 2. The molecule has 0 bridgehead atoms. The van der Waals surface area contributed by atoms with Gasteiger partial charge in [-0.05, 0) is 31.4 Å². The summed E-state index contributed by atoms with van der Waals surface area (Å²) in [6.07, 6.45) is 3.75. The third-order valence-electron chi connectivity index (χ3n) is 3.48. The van der Waals surface area contributed by atoms with E-state index >= 15 is 0 Å². The lowest BCUT2D eigenvalue weighted by Gasteiger charge is -2.07. The summed E-state index contributed by atoms with van der Waals surface area (Å²) in [6.45, 7) is 4.06. The Bertz CT molecular complexity index is 721. The fourth-order valence-corrected chi connectivity index (χ4v) is 3.01. The average molecular weight is 314 g/mol. The van der Waals surface area contributed by atoms with Crippen LogP contribution >= 0.6 is 11.8 Å². The van der Waals surface area contributed by atoms with E-state index in [1.54, 1.807) is 18.0 Å². The minimum absolute atomic E-state index is 0.416. The highest BCUT2D eigenvalue weighted by Crippen LogP contribution is 2.29. The first-order chi connectivity index (χ1) is 10.7. The predicted molar refractivity (Wildman–Crippen MR) is 86.8 cm³/mol. The molecular formula is C17H18N2O2S. The fourth-order valence-electron chi connectivity index (χ4n) is 2.22. The van der Waals surface area contributed by atoms with Crippen molar-refractivity contribution in [1.29, 1.82) is 0 Å². The second-order valence-electron chi connectivity index (χ2n) is 5.22. The van der Waals surface area contributed by atoms with Crippen LogP contribution in [-0.4, -0.2) is 15.4 Å². The van der Waals surface area contributed by atoms with E-state index in [0.717, 1.165) is 24.2 Å². The highest BCUT2D eigenvalue weighted by Gasteiger charge is 2.15. The van der Waals surface area contributed by atoms with Gasteiger partial charge in [-0.3, -0.25) is 0 Å². The van der Waals surface area contributed by atoms with E-state index < -0.39 is 0 Å². The maximum atomic E-state index is 5.71. The van der Waals surface area contributed by atoms with Crippen LogP contribution in [0.5, 0.6) is 0 Å². The number of rotatable bonds is 6. The molecule has 3 aromatic rings. The summed E-state index contributed by atoms with van der Waals surface area (Å²) >= 11 is 1.62. The van der Waals surface area contributed by atoms with E-state index in [2.05, 4.69) is 41.4 Å². The van der Waals surface area contributed by atoms with Crippen LogP contribution in [-0.2, 0) is 6.42 Å². The molecule has 0 aliphatic heterocycles. The lowest BCUT2D eigenvalue weighted by atomic mass is 10.1. The van der Waals surface area contributed by atoms with Crippen molar-refractivity contribution in [3.05, 3.63) is 54.0 Å². The molecule has 0 N–H and O–H groups in total. The molecule has 0 aliphatic rings. The molecule has 5 heteroatoms. The first-order valence-electron chi connectivity index (χ1n) is 7.31. The van der Waals surface area contributed by atoms with Crippen LogP contribution in [0.25, 0.3) is 11.5 Å². The number of furan rings is 1. The number of benzene rings is 1. The Balaban J connectivity index is 1.57. The summed E-state index contributed by atoms with van der Waals surface area (Å²) in [5.41, 5.74) is 2.21. The highest BCUT2D eigenvalue weighted by atomic mass is 32.2. The normalized spacial score (nSPS) is 12.5. The molecule has 0 radical (unpaired) electrons. The topological polar surface area (TPSA) is 52.1 Å². The molecule has 22 heavy (non-hydrogen) atoms. The monoisotopic (exact) mass is 314 g/mol. The van der Waals surface area contributed by atoms with Crippen molar-refractivity contribution in [3.8, 4) is 11.5 Å². The van der Waals surface area contributed by atoms with Crippen molar-refractivity contribution in [1.82, 2.24) is 10.2 Å². The van der Waals surface area contributed by atoms with Crippen LogP contribution < -0.4 is 0 Å². The zero-order valence-electron chi connectivity index (χ0n) is 12.7. The smallest absolute Gasteiger partial charge is 0.277 e. The van der Waals surface area contributed by atoms with Gasteiger partial charge in [-0.25, -0.2) is 0 Å². The van der Waals surface area contributed by atoms with E-state index in [0.29, 0.717) is 16.4 Å². The van der Waals surface area contributed by atoms with Gasteiger partial charge in [0.2, 0.25) is 0 Å². The van der Waals surface area contributed by atoms with Crippen molar-refractivity contribution in [2.75, 3.05) is 0 Å². The Labute approximate surface area is 133 Å². The van der Waals surface area contributed by atoms with Crippen LogP contribution in [0, 0.1) is 6.92 Å². The largest absolute Gasteiger partial charge is 0.469 e.